The molecular formula is C18H23N3O2S. The van der Waals surface area contributed by atoms with E-state index >= 15 is 0 Å². The molecule has 1 saturated heterocycles. The molecule has 0 spiro atoms. The van der Waals surface area contributed by atoms with Crippen LogP contribution in [0.15, 0.2) is 24.3 Å². The smallest absolute Gasteiger partial charge is 0.242 e. The van der Waals surface area contributed by atoms with Gasteiger partial charge in [-0.15, -0.1) is 0 Å². The Bertz CT molecular complexity index is 697. The number of benzene rings is 1. The second-order valence-corrected chi connectivity index (χ2v) is 7.66. The van der Waals surface area contributed by atoms with Crippen molar-refractivity contribution < 1.29 is 9.53 Å². The molecule has 6 heteroatoms. The zero-order valence-corrected chi connectivity index (χ0v) is 14.8. The van der Waals surface area contributed by atoms with Gasteiger partial charge >= 0.3 is 0 Å². The predicted octanol–water partition coefficient (Wildman–Crippen LogP) is 2.90. The van der Waals surface area contributed by atoms with Crippen molar-refractivity contribution in [3.8, 4) is 0 Å². The SMILES string of the molecule is CN(C(=O)CN1CCO[C@@H]2CCCC[C@H]21)c1nc2ccccc2s1. The molecule has 1 amide bonds. The van der Waals surface area contributed by atoms with Gasteiger partial charge in [0, 0.05) is 19.6 Å². The normalized spacial score (nSPS) is 24.7. The first-order valence-electron chi connectivity index (χ1n) is 8.70. The lowest BCUT2D eigenvalue weighted by Crippen LogP contribution is -2.55. The van der Waals surface area contributed by atoms with E-state index in [0.717, 1.165) is 41.3 Å². The predicted molar refractivity (Wildman–Crippen MR) is 96.6 cm³/mol. The van der Waals surface area contributed by atoms with Crippen LogP contribution < -0.4 is 4.90 Å². The van der Waals surface area contributed by atoms with Crippen molar-refractivity contribution in [1.82, 2.24) is 9.88 Å². The quantitative estimate of drug-likeness (QED) is 0.858. The summed E-state index contributed by atoms with van der Waals surface area (Å²) in [6, 6.07) is 8.42. The Kier molecular flexibility index (Phi) is 4.52. The van der Waals surface area contributed by atoms with Gasteiger partial charge in [0.1, 0.15) is 0 Å². The molecule has 0 N–H and O–H groups in total. The third-order valence-corrected chi connectivity index (χ3v) is 6.24. The van der Waals surface area contributed by atoms with E-state index in [-0.39, 0.29) is 5.91 Å². The molecule has 24 heavy (non-hydrogen) atoms. The van der Waals surface area contributed by atoms with Crippen molar-refractivity contribution in [2.45, 2.75) is 37.8 Å². The Morgan fingerprint density at radius 1 is 1.38 bits per heavy atom. The van der Waals surface area contributed by atoms with Crippen LogP contribution in [0, 0.1) is 0 Å². The fourth-order valence-electron chi connectivity index (χ4n) is 3.76. The molecule has 128 valence electrons. The number of likely N-dealkylation sites (N-methyl/N-ethyl adjacent to an activating group) is 1. The summed E-state index contributed by atoms with van der Waals surface area (Å²) in [7, 11) is 1.83. The van der Waals surface area contributed by atoms with Crippen LogP contribution in [0.5, 0.6) is 0 Å². The summed E-state index contributed by atoms with van der Waals surface area (Å²) in [5.41, 5.74) is 0.955. The van der Waals surface area contributed by atoms with Crippen molar-refractivity contribution in [3.63, 3.8) is 0 Å². The van der Waals surface area contributed by atoms with Crippen molar-refractivity contribution in [1.29, 1.82) is 0 Å². The average Bonchev–Trinajstić information content (AvgIpc) is 3.05. The molecule has 2 heterocycles. The number of fused-ring (bicyclic) bond motifs is 2. The highest BCUT2D eigenvalue weighted by Crippen LogP contribution is 2.30. The Morgan fingerprint density at radius 2 is 2.21 bits per heavy atom. The summed E-state index contributed by atoms with van der Waals surface area (Å²) in [6.45, 7) is 2.04. The van der Waals surface area contributed by atoms with Crippen molar-refractivity contribution >= 4 is 32.6 Å². The summed E-state index contributed by atoms with van der Waals surface area (Å²) < 4.78 is 7.02. The highest BCUT2D eigenvalue weighted by atomic mass is 32.1. The molecule has 5 nitrogen and oxygen atoms in total. The molecule has 0 radical (unpaired) electrons. The maximum absolute atomic E-state index is 12.8. The minimum atomic E-state index is 0.111. The molecule has 1 aliphatic carbocycles. The number of thiazole rings is 1. The minimum Gasteiger partial charge on any atom is -0.375 e. The zero-order valence-electron chi connectivity index (χ0n) is 14.0. The Morgan fingerprint density at radius 3 is 3.08 bits per heavy atom. The summed E-state index contributed by atoms with van der Waals surface area (Å²) in [4.78, 5) is 21.4. The fraction of sp³-hybridized carbons (Fsp3) is 0.556. The highest BCUT2D eigenvalue weighted by Gasteiger charge is 2.35. The lowest BCUT2D eigenvalue weighted by molar-refractivity contribution is -0.126. The van der Waals surface area contributed by atoms with Gasteiger partial charge < -0.3 is 4.74 Å². The van der Waals surface area contributed by atoms with Gasteiger partial charge in [0.15, 0.2) is 5.13 Å². The molecule has 4 rings (SSSR count). The van der Waals surface area contributed by atoms with E-state index in [0.29, 0.717) is 18.7 Å². The molecule has 1 aromatic carbocycles. The maximum atomic E-state index is 12.8. The van der Waals surface area contributed by atoms with Crippen LogP contribution in [0.1, 0.15) is 25.7 Å². The molecular weight excluding hydrogens is 322 g/mol. The van der Waals surface area contributed by atoms with Crippen molar-refractivity contribution in [3.05, 3.63) is 24.3 Å². The first-order valence-corrected chi connectivity index (χ1v) is 9.52. The maximum Gasteiger partial charge on any atom is 0.242 e. The van der Waals surface area contributed by atoms with Gasteiger partial charge in [0.2, 0.25) is 5.91 Å². The van der Waals surface area contributed by atoms with Gasteiger partial charge in [0.05, 0.1) is 29.5 Å². The highest BCUT2D eigenvalue weighted by molar-refractivity contribution is 7.22. The van der Waals surface area contributed by atoms with E-state index in [4.69, 9.17) is 4.74 Å². The number of amides is 1. The van der Waals surface area contributed by atoms with Crippen LogP contribution in [-0.2, 0) is 9.53 Å². The number of carbonyl (C=O) groups excluding carboxylic acids is 1. The van der Waals surface area contributed by atoms with Crippen LogP contribution in [-0.4, -0.2) is 54.7 Å². The molecule has 2 atom stereocenters. The van der Waals surface area contributed by atoms with Crippen molar-refractivity contribution in [2.24, 2.45) is 0 Å². The number of morpholine rings is 1. The average molecular weight is 345 g/mol. The number of hydrogen-bond donors (Lipinski definition) is 0. The third kappa shape index (κ3) is 3.06. The minimum absolute atomic E-state index is 0.111. The molecule has 1 saturated carbocycles. The molecule has 2 aliphatic rings. The van der Waals surface area contributed by atoms with E-state index in [1.54, 1.807) is 16.2 Å². The van der Waals surface area contributed by atoms with Gasteiger partial charge in [-0.3, -0.25) is 14.6 Å². The third-order valence-electron chi connectivity index (χ3n) is 5.13. The summed E-state index contributed by atoms with van der Waals surface area (Å²) >= 11 is 1.57. The first kappa shape index (κ1) is 16.0. The number of carbonyl (C=O) groups is 1. The number of aromatic nitrogens is 1. The number of nitrogens with zero attached hydrogens (tertiary/aromatic N) is 3. The lowest BCUT2D eigenvalue weighted by atomic mass is 9.90. The van der Waals surface area contributed by atoms with Gasteiger partial charge in [-0.25, -0.2) is 4.98 Å². The topological polar surface area (TPSA) is 45.7 Å². The number of ether oxygens (including phenoxy) is 1. The molecule has 0 unspecified atom stereocenters. The number of anilines is 1. The number of rotatable bonds is 3. The van der Waals surface area contributed by atoms with Crippen molar-refractivity contribution in [2.75, 3.05) is 31.6 Å². The molecule has 2 aromatic rings. The van der Waals surface area contributed by atoms with Crippen LogP contribution in [0.2, 0.25) is 0 Å². The van der Waals surface area contributed by atoms with Crippen LogP contribution >= 0.6 is 11.3 Å². The molecule has 1 aromatic heterocycles. The number of hydrogen-bond acceptors (Lipinski definition) is 5. The molecule has 1 aliphatic heterocycles. The standard InChI is InChI=1S/C18H23N3O2S/c1-20(18-19-13-6-2-5-9-16(13)24-18)17(22)12-21-10-11-23-15-8-4-3-7-14(15)21/h2,5-6,9,14-15H,3-4,7-8,10-12H2,1H3/t14-,15-/m1/s1. The fourth-order valence-corrected chi connectivity index (χ4v) is 4.71. The molecule has 2 fully saturated rings. The summed E-state index contributed by atoms with van der Waals surface area (Å²) in [5, 5.41) is 0.773. The van der Waals surface area contributed by atoms with Gasteiger partial charge in [-0.1, -0.05) is 36.3 Å². The van der Waals surface area contributed by atoms with E-state index in [1.165, 1.54) is 12.8 Å². The second kappa shape index (κ2) is 6.78. The van der Waals surface area contributed by atoms with E-state index in [2.05, 4.69) is 9.88 Å². The largest absolute Gasteiger partial charge is 0.375 e. The van der Waals surface area contributed by atoms with E-state index < -0.39 is 0 Å². The zero-order chi connectivity index (χ0) is 16.5. The van der Waals surface area contributed by atoms with Gasteiger partial charge in [0.25, 0.3) is 0 Å². The summed E-state index contributed by atoms with van der Waals surface area (Å²) in [5.74, 6) is 0.111. The van der Waals surface area contributed by atoms with E-state index in [1.807, 2.05) is 31.3 Å². The Balaban J connectivity index is 1.46. The monoisotopic (exact) mass is 345 g/mol. The second-order valence-electron chi connectivity index (χ2n) is 6.65. The first-order chi connectivity index (χ1) is 11.7. The Hall–Kier alpha value is -1.50. The lowest BCUT2D eigenvalue weighted by Gasteiger charge is -2.43. The van der Waals surface area contributed by atoms with E-state index in [9.17, 15) is 4.79 Å². The van der Waals surface area contributed by atoms with Gasteiger partial charge in [-0.05, 0) is 25.0 Å². The summed E-state index contributed by atoms with van der Waals surface area (Å²) in [6.07, 6.45) is 5.07. The number of para-hydroxylation sites is 1. The van der Waals surface area contributed by atoms with Gasteiger partial charge in [-0.2, -0.15) is 0 Å². The molecule has 0 bridgehead atoms. The van der Waals surface area contributed by atoms with Crippen LogP contribution in [0.3, 0.4) is 0 Å². The van der Waals surface area contributed by atoms with Crippen LogP contribution in [0.25, 0.3) is 10.2 Å². The Labute approximate surface area is 146 Å². The van der Waals surface area contributed by atoms with Crippen LogP contribution in [0.4, 0.5) is 5.13 Å².